The van der Waals surface area contributed by atoms with Crippen LogP contribution in [0.1, 0.15) is 38.7 Å². The van der Waals surface area contributed by atoms with E-state index in [0.29, 0.717) is 30.7 Å². The number of anilines is 1. The van der Waals surface area contributed by atoms with Crippen LogP contribution in [0.5, 0.6) is 0 Å². The van der Waals surface area contributed by atoms with Crippen LogP contribution in [0.4, 0.5) is 11.4 Å². The molecule has 0 aliphatic carbocycles. The van der Waals surface area contributed by atoms with Crippen molar-refractivity contribution >= 4 is 23.3 Å². The molecule has 2 heterocycles. The fourth-order valence-corrected chi connectivity index (χ4v) is 3.85. The quantitative estimate of drug-likeness (QED) is 0.503. The maximum atomic E-state index is 12.9. The monoisotopic (exact) mass is 362 g/mol. The number of esters is 1. The molecule has 1 aromatic carbocycles. The molecule has 26 heavy (non-hydrogen) atoms. The fraction of sp³-hybridized carbons (Fsp3) is 0.556. The van der Waals surface area contributed by atoms with Crippen molar-refractivity contribution in [3.63, 3.8) is 0 Å². The number of nitrogens with zero attached hydrogens (tertiary/aromatic N) is 1. The van der Waals surface area contributed by atoms with Crippen LogP contribution in [0.25, 0.3) is 0 Å². The second-order valence-electron chi connectivity index (χ2n) is 7.58. The number of ether oxygens (including phenoxy) is 2. The lowest BCUT2D eigenvalue weighted by Crippen LogP contribution is -2.52. The molecule has 0 bridgehead atoms. The lowest BCUT2D eigenvalue weighted by Gasteiger charge is -2.43. The maximum absolute atomic E-state index is 12.9. The molecule has 0 aromatic heterocycles. The van der Waals surface area contributed by atoms with Crippen LogP contribution in [0.2, 0.25) is 0 Å². The van der Waals surface area contributed by atoms with E-state index < -0.39 is 28.0 Å². The first-order chi connectivity index (χ1) is 12.1. The summed E-state index contributed by atoms with van der Waals surface area (Å²) in [5.74, 6) is -1.42. The molecule has 3 rings (SSSR count). The van der Waals surface area contributed by atoms with Gasteiger partial charge in [-0.25, -0.2) is 0 Å². The molecular weight excluding hydrogens is 340 g/mol. The summed E-state index contributed by atoms with van der Waals surface area (Å²) in [4.78, 5) is 35.4. The highest BCUT2D eigenvalue weighted by Gasteiger charge is 2.56. The van der Waals surface area contributed by atoms with E-state index in [4.69, 9.17) is 9.47 Å². The van der Waals surface area contributed by atoms with Crippen LogP contribution in [0, 0.1) is 23.0 Å². The van der Waals surface area contributed by atoms with Crippen LogP contribution in [0.15, 0.2) is 18.2 Å². The van der Waals surface area contributed by atoms with E-state index in [9.17, 15) is 19.7 Å². The molecule has 1 N–H and O–H groups in total. The van der Waals surface area contributed by atoms with Gasteiger partial charge in [-0.2, -0.15) is 0 Å². The van der Waals surface area contributed by atoms with Gasteiger partial charge in [-0.15, -0.1) is 0 Å². The molecule has 8 nitrogen and oxygen atoms in total. The van der Waals surface area contributed by atoms with Gasteiger partial charge in [0.05, 0.1) is 35.2 Å². The minimum absolute atomic E-state index is 0.00408. The zero-order chi connectivity index (χ0) is 19.1. The van der Waals surface area contributed by atoms with Crippen LogP contribution >= 0.6 is 0 Å². The van der Waals surface area contributed by atoms with Gasteiger partial charge in [0.2, 0.25) is 5.91 Å². The summed E-state index contributed by atoms with van der Waals surface area (Å²) in [6.07, 6.45) is 0.877. The molecule has 1 aromatic rings. The Morgan fingerprint density at radius 3 is 2.77 bits per heavy atom. The number of nitro benzene ring substituents is 1. The highest BCUT2D eigenvalue weighted by atomic mass is 16.6. The van der Waals surface area contributed by atoms with Crippen LogP contribution in [-0.4, -0.2) is 34.6 Å². The third kappa shape index (κ3) is 3.41. The van der Waals surface area contributed by atoms with Crippen molar-refractivity contribution in [2.24, 2.45) is 5.92 Å². The van der Waals surface area contributed by atoms with Crippen molar-refractivity contribution in [2.45, 2.75) is 51.2 Å². The number of carbonyl (C=O) groups excluding carboxylic acids is 2. The van der Waals surface area contributed by atoms with Crippen molar-refractivity contribution in [1.29, 1.82) is 0 Å². The molecule has 2 saturated heterocycles. The van der Waals surface area contributed by atoms with Crippen molar-refractivity contribution < 1.29 is 24.0 Å². The number of aryl methyl sites for hydroxylation is 1. The number of hydrogen-bond acceptors (Lipinski definition) is 6. The Morgan fingerprint density at radius 2 is 2.12 bits per heavy atom. The molecule has 2 aliphatic rings. The Kier molecular flexibility index (Phi) is 4.47. The summed E-state index contributed by atoms with van der Waals surface area (Å²) in [5.41, 5.74) is -0.424. The Balaban J connectivity index is 1.86. The first kappa shape index (κ1) is 18.3. The highest BCUT2D eigenvalue weighted by Crippen LogP contribution is 2.46. The average molecular weight is 362 g/mol. The molecule has 1 amide bonds. The SMILES string of the molecule is Cc1ccc([N+](=O)[O-])cc1NC(=O)[C@H]1CC(=O)O[C@@]12CCOC(C)(C)C2. The number of rotatable bonds is 3. The largest absolute Gasteiger partial charge is 0.458 e. The summed E-state index contributed by atoms with van der Waals surface area (Å²) < 4.78 is 11.3. The molecule has 2 aliphatic heterocycles. The third-order valence-electron chi connectivity index (χ3n) is 5.07. The number of benzene rings is 1. The molecule has 2 fully saturated rings. The van der Waals surface area contributed by atoms with E-state index in [-0.39, 0.29) is 18.0 Å². The normalized spacial score (nSPS) is 27.2. The number of non-ortho nitro benzene ring substituents is 1. The smallest absolute Gasteiger partial charge is 0.307 e. The van der Waals surface area contributed by atoms with Gasteiger partial charge in [-0.05, 0) is 26.3 Å². The van der Waals surface area contributed by atoms with E-state index in [1.165, 1.54) is 12.1 Å². The van der Waals surface area contributed by atoms with Crippen LogP contribution in [0.3, 0.4) is 0 Å². The van der Waals surface area contributed by atoms with Crippen molar-refractivity contribution in [3.8, 4) is 0 Å². The van der Waals surface area contributed by atoms with Crippen molar-refractivity contribution in [3.05, 3.63) is 33.9 Å². The zero-order valence-electron chi connectivity index (χ0n) is 15.0. The van der Waals surface area contributed by atoms with E-state index in [1.807, 2.05) is 13.8 Å². The number of hydrogen-bond donors (Lipinski definition) is 1. The predicted octanol–water partition coefficient (Wildman–Crippen LogP) is 2.73. The number of nitrogens with one attached hydrogen (secondary N) is 1. The Labute approximate surface area is 151 Å². The number of amides is 1. The molecule has 1 spiro atoms. The van der Waals surface area contributed by atoms with Gasteiger partial charge >= 0.3 is 5.97 Å². The number of nitro groups is 1. The van der Waals surface area contributed by atoms with E-state index in [2.05, 4.69) is 5.32 Å². The molecule has 0 saturated carbocycles. The third-order valence-corrected chi connectivity index (χ3v) is 5.07. The molecule has 8 heteroatoms. The number of carbonyl (C=O) groups is 2. The summed E-state index contributed by atoms with van der Waals surface area (Å²) in [7, 11) is 0. The Morgan fingerprint density at radius 1 is 1.38 bits per heavy atom. The molecular formula is C18H22N2O6. The average Bonchev–Trinajstić information content (AvgIpc) is 2.83. The van der Waals surface area contributed by atoms with Gasteiger partial charge in [0.1, 0.15) is 5.60 Å². The van der Waals surface area contributed by atoms with E-state index >= 15 is 0 Å². The van der Waals surface area contributed by atoms with Crippen molar-refractivity contribution in [2.75, 3.05) is 11.9 Å². The molecule has 0 unspecified atom stereocenters. The fourth-order valence-electron chi connectivity index (χ4n) is 3.85. The summed E-state index contributed by atoms with van der Waals surface area (Å²) >= 11 is 0. The second-order valence-corrected chi connectivity index (χ2v) is 7.58. The maximum Gasteiger partial charge on any atom is 0.307 e. The highest BCUT2D eigenvalue weighted by molar-refractivity contribution is 5.97. The van der Waals surface area contributed by atoms with Crippen LogP contribution < -0.4 is 5.32 Å². The van der Waals surface area contributed by atoms with Crippen LogP contribution in [-0.2, 0) is 19.1 Å². The molecule has 140 valence electrons. The first-order valence-electron chi connectivity index (χ1n) is 8.54. The standard InChI is InChI=1S/C18H22N2O6/c1-11-4-5-12(20(23)24)8-14(11)19-16(22)13-9-15(21)26-18(13)6-7-25-17(2,3)10-18/h4-5,8,13H,6-7,9-10H2,1-3H3,(H,19,22)/t13-,18-/m1/s1. The first-order valence-corrected chi connectivity index (χ1v) is 8.54. The predicted molar refractivity (Wildman–Crippen MR) is 92.7 cm³/mol. The lowest BCUT2D eigenvalue weighted by molar-refractivity contribution is -0.384. The topological polar surface area (TPSA) is 108 Å². The molecule has 2 atom stereocenters. The van der Waals surface area contributed by atoms with Gasteiger partial charge in [0.15, 0.2) is 0 Å². The summed E-state index contributed by atoms with van der Waals surface area (Å²) in [6.45, 7) is 5.96. The summed E-state index contributed by atoms with van der Waals surface area (Å²) in [5, 5.41) is 13.7. The Hall–Kier alpha value is -2.48. The van der Waals surface area contributed by atoms with Gasteiger partial charge in [-0.1, -0.05) is 6.07 Å². The van der Waals surface area contributed by atoms with Gasteiger partial charge in [-0.3, -0.25) is 19.7 Å². The minimum Gasteiger partial charge on any atom is -0.458 e. The zero-order valence-corrected chi connectivity index (χ0v) is 15.0. The summed E-state index contributed by atoms with van der Waals surface area (Å²) in [6, 6.07) is 4.29. The van der Waals surface area contributed by atoms with Crippen molar-refractivity contribution in [1.82, 2.24) is 0 Å². The van der Waals surface area contributed by atoms with Gasteiger partial charge in [0, 0.05) is 25.0 Å². The van der Waals surface area contributed by atoms with E-state index in [0.717, 1.165) is 0 Å². The molecule has 0 radical (unpaired) electrons. The lowest BCUT2D eigenvalue weighted by atomic mass is 9.75. The Bertz CT molecular complexity index is 775. The van der Waals surface area contributed by atoms with Gasteiger partial charge in [0.25, 0.3) is 5.69 Å². The minimum atomic E-state index is -0.891. The van der Waals surface area contributed by atoms with E-state index in [1.54, 1.807) is 13.0 Å². The second kappa shape index (κ2) is 6.35. The van der Waals surface area contributed by atoms with Gasteiger partial charge < -0.3 is 14.8 Å².